The van der Waals surface area contributed by atoms with Crippen LogP contribution in [0.4, 0.5) is 0 Å². The van der Waals surface area contributed by atoms with Crippen LogP contribution in [0.5, 0.6) is 5.75 Å². The Morgan fingerprint density at radius 2 is 1.96 bits per heavy atom. The summed E-state index contributed by atoms with van der Waals surface area (Å²) in [5, 5.41) is 9.65. The summed E-state index contributed by atoms with van der Waals surface area (Å²) in [5.74, 6) is -0.914. The number of rotatable bonds is 5. The number of carboxylic acid groups (broad SMARTS) is 1. The molecule has 1 aromatic carbocycles. The zero-order valence-electron chi connectivity index (χ0n) is 15.3. The van der Waals surface area contributed by atoms with Crippen LogP contribution >= 0.6 is 0 Å². The predicted octanol–water partition coefficient (Wildman–Crippen LogP) is 1.82. The zero-order chi connectivity index (χ0) is 18.7. The van der Waals surface area contributed by atoms with Gasteiger partial charge in [-0.2, -0.15) is 0 Å². The molecule has 0 bridgehead atoms. The second kappa shape index (κ2) is 7.63. The number of piperidine rings is 1. The smallest absolute Gasteiger partial charge is 0.328 e. The van der Waals surface area contributed by atoms with E-state index >= 15 is 0 Å². The van der Waals surface area contributed by atoms with Gasteiger partial charge in [-0.05, 0) is 25.6 Å². The molecule has 1 N–H and O–H groups in total. The van der Waals surface area contributed by atoms with E-state index < -0.39 is 17.7 Å². The van der Waals surface area contributed by atoms with E-state index in [2.05, 4.69) is 11.8 Å². The van der Waals surface area contributed by atoms with E-state index in [4.69, 9.17) is 9.47 Å². The summed E-state index contributed by atoms with van der Waals surface area (Å²) >= 11 is 0. The fraction of sp³-hybridized carbons (Fsp3) is 0.579. The van der Waals surface area contributed by atoms with E-state index in [9.17, 15) is 14.7 Å². The molecule has 0 unspecified atom stereocenters. The molecule has 0 aromatic heterocycles. The summed E-state index contributed by atoms with van der Waals surface area (Å²) < 4.78 is 11.5. The fourth-order valence-electron chi connectivity index (χ4n) is 3.83. The second-order valence-electron chi connectivity index (χ2n) is 6.65. The van der Waals surface area contributed by atoms with Crippen LogP contribution in [0.25, 0.3) is 0 Å². The quantitative estimate of drug-likeness (QED) is 0.861. The number of para-hydroxylation sites is 1. The minimum Gasteiger partial charge on any atom is -0.493 e. The van der Waals surface area contributed by atoms with Gasteiger partial charge in [0.2, 0.25) is 0 Å². The molecular weight excluding hydrogens is 336 g/mol. The van der Waals surface area contributed by atoms with Crippen LogP contribution in [0, 0.1) is 0 Å². The SMILES string of the molecule is CCOc1ccccc1C(=O)N1[C@H](C(=O)O)COC12CCN(CC)CC2. The van der Waals surface area contributed by atoms with Crippen LogP contribution in [-0.4, -0.2) is 71.4 Å². The van der Waals surface area contributed by atoms with Crippen LogP contribution in [0.15, 0.2) is 24.3 Å². The largest absolute Gasteiger partial charge is 0.493 e. The molecular formula is C19H26N2O5. The molecule has 142 valence electrons. The highest BCUT2D eigenvalue weighted by Gasteiger charge is 2.54. The molecule has 2 saturated heterocycles. The third-order valence-corrected chi connectivity index (χ3v) is 5.27. The molecule has 2 heterocycles. The highest BCUT2D eigenvalue weighted by atomic mass is 16.5. The lowest BCUT2D eigenvalue weighted by Crippen LogP contribution is -2.58. The van der Waals surface area contributed by atoms with Crippen molar-refractivity contribution in [2.75, 3.05) is 32.8 Å². The van der Waals surface area contributed by atoms with Crippen molar-refractivity contribution in [3.8, 4) is 5.75 Å². The number of benzene rings is 1. The number of carbonyl (C=O) groups excluding carboxylic acids is 1. The molecule has 0 aliphatic carbocycles. The number of ether oxygens (including phenoxy) is 2. The fourth-order valence-corrected chi connectivity index (χ4v) is 3.83. The van der Waals surface area contributed by atoms with E-state index in [0.29, 0.717) is 30.8 Å². The van der Waals surface area contributed by atoms with Crippen molar-refractivity contribution < 1.29 is 24.2 Å². The normalized spacial score (nSPS) is 22.5. The van der Waals surface area contributed by atoms with Gasteiger partial charge in [-0.3, -0.25) is 9.69 Å². The summed E-state index contributed by atoms with van der Waals surface area (Å²) in [6.45, 7) is 6.87. The molecule has 2 aliphatic rings. The maximum Gasteiger partial charge on any atom is 0.328 e. The van der Waals surface area contributed by atoms with Crippen LogP contribution in [0.2, 0.25) is 0 Å². The van der Waals surface area contributed by atoms with E-state index in [1.54, 1.807) is 24.3 Å². The van der Waals surface area contributed by atoms with Crippen LogP contribution in [0.1, 0.15) is 37.0 Å². The van der Waals surface area contributed by atoms with Gasteiger partial charge in [-0.25, -0.2) is 4.79 Å². The number of likely N-dealkylation sites (tertiary alicyclic amines) is 1. The van der Waals surface area contributed by atoms with Crippen molar-refractivity contribution in [3.63, 3.8) is 0 Å². The van der Waals surface area contributed by atoms with Gasteiger partial charge in [0.15, 0.2) is 6.04 Å². The molecule has 1 atom stereocenters. The van der Waals surface area contributed by atoms with Gasteiger partial charge in [0, 0.05) is 25.9 Å². The lowest BCUT2D eigenvalue weighted by molar-refractivity contribution is -0.143. The number of carbonyl (C=O) groups is 2. The van der Waals surface area contributed by atoms with Crippen LogP contribution in [0.3, 0.4) is 0 Å². The Balaban J connectivity index is 1.95. The highest BCUT2D eigenvalue weighted by molar-refractivity contribution is 5.99. The second-order valence-corrected chi connectivity index (χ2v) is 6.65. The number of carboxylic acids is 1. The van der Waals surface area contributed by atoms with Gasteiger partial charge in [-0.15, -0.1) is 0 Å². The Bertz CT molecular complexity index is 670. The average molecular weight is 362 g/mol. The molecule has 7 heteroatoms. The van der Waals surface area contributed by atoms with Gasteiger partial charge in [-0.1, -0.05) is 19.1 Å². The molecule has 1 amide bonds. The lowest BCUT2D eigenvalue weighted by atomic mass is 9.96. The Morgan fingerprint density at radius 3 is 2.58 bits per heavy atom. The Labute approximate surface area is 153 Å². The predicted molar refractivity (Wildman–Crippen MR) is 95.2 cm³/mol. The first-order chi connectivity index (χ1) is 12.5. The number of nitrogens with zero attached hydrogens (tertiary/aromatic N) is 2. The zero-order valence-corrected chi connectivity index (χ0v) is 15.3. The van der Waals surface area contributed by atoms with Gasteiger partial charge >= 0.3 is 5.97 Å². The topological polar surface area (TPSA) is 79.3 Å². The maximum atomic E-state index is 13.4. The monoisotopic (exact) mass is 362 g/mol. The number of aliphatic carboxylic acids is 1. The lowest BCUT2D eigenvalue weighted by Gasteiger charge is -2.44. The minimum absolute atomic E-state index is 0.0179. The first-order valence-corrected chi connectivity index (χ1v) is 9.17. The molecule has 1 aromatic rings. The first kappa shape index (κ1) is 18.7. The van der Waals surface area contributed by atoms with Crippen molar-refractivity contribution >= 4 is 11.9 Å². The highest BCUT2D eigenvalue weighted by Crippen LogP contribution is 2.39. The molecule has 0 radical (unpaired) electrons. The van der Waals surface area contributed by atoms with Crippen molar-refractivity contribution in [1.82, 2.24) is 9.80 Å². The van der Waals surface area contributed by atoms with E-state index in [1.807, 2.05) is 6.92 Å². The summed E-state index contributed by atoms with van der Waals surface area (Å²) in [6, 6.07) is 5.99. The summed E-state index contributed by atoms with van der Waals surface area (Å²) in [6.07, 6.45) is 1.21. The molecule has 1 spiro atoms. The summed E-state index contributed by atoms with van der Waals surface area (Å²) in [7, 11) is 0. The molecule has 26 heavy (non-hydrogen) atoms. The summed E-state index contributed by atoms with van der Waals surface area (Å²) in [4.78, 5) is 28.9. The first-order valence-electron chi connectivity index (χ1n) is 9.17. The van der Waals surface area contributed by atoms with Crippen LogP contribution < -0.4 is 4.74 Å². The Kier molecular flexibility index (Phi) is 5.48. The molecule has 2 fully saturated rings. The molecule has 7 nitrogen and oxygen atoms in total. The number of hydrogen-bond donors (Lipinski definition) is 1. The van der Waals surface area contributed by atoms with Crippen molar-refractivity contribution in [1.29, 1.82) is 0 Å². The van der Waals surface area contributed by atoms with E-state index in [0.717, 1.165) is 19.6 Å². The van der Waals surface area contributed by atoms with E-state index in [1.165, 1.54) is 4.90 Å². The van der Waals surface area contributed by atoms with Crippen LogP contribution in [-0.2, 0) is 9.53 Å². The third-order valence-electron chi connectivity index (χ3n) is 5.27. The van der Waals surface area contributed by atoms with Crippen molar-refractivity contribution in [2.24, 2.45) is 0 Å². The van der Waals surface area contributed by atoms with Gasteiger partial charge in [0.1, 0.15) is 11.5 Å². The minimum atomic E-state index is -1.04. The molecule has 3 rings (SSSR count). The van der Waals surface area contributed by atoms with Gasteiger partial charge in [0.25, 0.3) is 5.91 Å². The standard InChI is InChI=1S/C19H26N2O5/c1-3-20-11-9-19(10-12-20)21(15(13-26-19)18(23)24)17(22)14-7-5-6-8-16(14)25-4-2/h5-8,15H,3-4,9-13H2,1-2H3,(H,23,24)/t15-/m0/s1. The molecule has 0 saturated carbocycles. The Morgan fingerprint density at radius 1 is 1.27 bits per heavy atom. The third kappa shape index (κ3) is 3.29. The van der Waals surface area contributed by atoms with Crippen molar-refractivity contribution in [3.05, 3.63) is 29.8 Å². The van der Waals surface area contributed by atoms with Crippen molar-refractivity contribution in [2.45, 2.75) is 38.5 Å². The number of hydrogen-bond acceptors (Lipinski definition) is 5. The van der Waals surface area contributed by atoms with E-state index in [-0.39, 0.29) is 12.5 Å². The van der Waals surface area contributed by atoms with Gasteiger partial charge in [0.05, 0.1) is 18.8 Å². The molecule has 2 aliphatic heterocycles. The number of amides is 1. The Hall–Kier alpha value is -2.12. The average Bonchev–Trinajstić information content (AvgIpc) is 3.02. The van der Waals surface area contributed by atoms with Gasteiger partial charge < -0.3 is 19.5 Å². The summed E-state index contributed by atoms with van der Waals surface area (Å²) in [5.41, 5.74) is -0.478. The maximum absolute atomic E-state index is 13.4.